The van der Waals surface area contributed by atoms with E-state index in [4.69, 9.17) is 17.3 Å². The molecule has 1 unspecified atom stereocenters. The number of hydrogen-bond donors (Lipinski definition) is 2. The number of rotatable bonds is 4. The Bertz CT molecular complexity index is 458. The van der Waals surface area contributed by atoms with Crippen LogP contribution in [0.25, 0.3) is 0 Å². The Labute approximate surface area is 111 Å². The van der Waals surface area contributed by atoms with Crippen LogP contribution in [0.5, 0.6) is 0 Å². The predicted molar refractivity (Wildman–Crippen MR) is 68.9 cm³/mol. The maximum absolute atomic E-state index is 13.0. The van der Waals surface area contributed by atoms with Crippen LogP contribution in [-0.2, 0) is 11.2 Å². The van der Waals surface area contributed by atoms with Crippen LogP contribution in [-0.4, -0.2) is 18.0 Å². The number of hydrogen-bond acceptors (Lipinski definition) is 2. The number of primary amides is 1. The summed E-state index contributed by atoms with van der Waals surface area (Å²) < 4.78 is 13.0. The van der Waals surface area contributed by atoms with Crippen LogP contribution < -0.4 is 11.1 Å². The lowest BCUT2D eigenvalue weighted by Crippen LogP contribution is -2.51. The smallest absolute Gasteiger partial charge is 0.237 e. The first-order valence-electron chi connectivity index (χ1n) is 6.02. The highest BCUT2D eigenvalue weighted by Gasteiger charge is 2.38. The highest BCUT2D eigenvalue weighted by atomic mass is 35.5. The molecule has 0 spiro atoms. The molecule has 1 aliphatic rings. The normalized spacial score (nSPS) is 23.2. The fourth-order valence-electron chi connectivity index (χ4n) is 2.41. The highest BCUT2D eigenvalue weighted by Crippen LogP contribution is 2.26. The maximum Gasteiger partial charge on any atom is 0.237 e. The van der Waals surface area contributed by atoms with Crippen molar-refractivity contribution in [2.45, 2.75) is 31.2 Å². The van der Waals surface area contributed by atoms with Crippen molar-refractivity contribution in [3.63, 3.8) is 0 Å². The fourth-order valence-corrected chi connectivity index (χ4v) is 2.61. The molecule has 3 nitrogen and oxygen atoms in total. The summed E-state index contributed by atoms with van der Waals surface area (Å²) in [5.74, 6) is -0.739. The number of carbonyl (C=O) groups excluding carboxylic acids is 1. The van der Waals surface area contributed by atoms with Crippen molar-refractivity contribution in [3.05, 3.63) is 34.6 Å². The number of amides is 1. The van der Waals surface area contributed by atoms with E-state index in [9.17, 15) is 9.18 Å². The molecule has 1 heterocycles. The third-order valence-corrected chi connectivity index (χ3v) is 3.83. The third-order valence-electron chi connectivity index (χ3n) is 3.54. The number of aryl methyl sites for hydroxylation is 1. The van der Waals surface area contributed by atoms with Gasteiger partial charge in [0.2, 0.25) is 5.91 Å². The average Bonchev–Trinajstić information content (AvgIpc) is 2.81. The van der Waals surface area contributed by atoms with Crippen molar-refractivity contribution in [3.8, 4) is 0 Å². The Morgan fingerprint density at radius 1 is 1.56 bits per heavy atom. The quantitative estimate of drug-likeness (QED) is 0.879. The molecular weight excluding hydrogens is 255 g/mol. The summed E-state index contributed by atoms with van der Waals surface area (Å²) in [7, 11) is 0. The minimum absolute atomic E-state index is 0.111. The summed E-state index contributed by atoms with van der Waals surface area (Å²) in [5, 5.41) is 3.30. The van der Waals surface area contributed by atoms with Crippen LogP contribution in [0, 0.1) is 5.82 Å². The molecule has 1 atom stereocenters. The minimum atomic E-state index is -0.610. The van der Waals surface area contributed by atoms with Crippen LogP contribution in [0.2, 0.25) is 5.02 Å². The van der Waals surface area contributed by atoms with Gasteiger partial charge in [-0.15, -0.1) is 0 Å². The number of carbonyl (C=O) groups is 1. The molecule has 18 heavy (non-hydrogen) atoms. The van der Waals surface area contributed by atoms with Crippen LogP contribution in [0.15, 0.2) is 18.2 Å². The van der Waals surface area contributed by atoms with Crippen molar-refractivity contribution >= 4 is 17.5 Å². The van der Waals surface area contributed by atoms with Gasteiger partial charge in [-0.3, -0.25) is 4.79 Å². The van der Waals surface area contributed by atoms with Gasteiger partial charge in [-0.05, 0) is 49.9 Å². The largest absolute Gasteiger partial charge is 0.368 e. The Hall–Kier alpha value is -1.13. The summed E-state index contributed by atoms with van der Waals surface area (Å²) in [6.45, 7) is 0.813. The second-order valence-corrected chi connectivity index (χ2v) is 5.13. The lowest BCUT2D eigenvalue weighted by atomic mass is 9.89. The van der Waals surface area contributed by atoms with Crippen molar-refractivity contribution < 1.29 is 9.18 Å². The van der Waals surface area contributed by atoms with Gasteiger partial charge in [0.15, 0.2) is 0 Å². The molecule has 1 aromatic carbocycles. The first-order chi connectivity index (χ1) is 8.53. The molecule has 2 rings (SSSR count). The zero-order chi connectivity index (χ0) is 13.2. The van der Waals surface area contributed by atoms with Gasteiger partial charge < -0.3 is 11.1 Å². The lowest BCUT2D eigenvalue weighted by molar-refractivity contribution is -0.124. The van der Waals surface area contributed by atoms with Crippen LogP contribution in [0.1, 0.15) is 24.8 Å². The van der Waals surface area contributed by atoms with Gasteiger partial charge >= 0.3 is 0 Å². The molecule has 0 radical (unpaired) electrons. The van der Waals surface area contributed by atoms with E-state index < -0.39 is 11.4 Å². The van der Waals surface area contributed by atoms with Gasteiger partial charge in [-0.2, -0.15) is 0 Å². The van der Waals surface area contributed by atoms with Crippen molar-refractivity contribution in [1.29, 1.82) is 0 Å². The molecule has 5 heteroatoms. The van der Waals surface area contributed by atoms with E-state index in [1.165, 1.54) is 6.07 Å². The Balaban J connectivity index is 2.05. The molecule has 0 saturated carbocycles. The van der Waals surface area contributed by atoms with Crippen LogP contribution in [0.3, 0.4) is 0 Å². The van der Waals surface area contributed by atoms with Crippen molar-refractivity contribution in [1.82, 2.24) is 5.32 Å². The number of halogens is 2. The van der Waals surface area contributed by atoms with Crippen molar-refractivity contribution in [2.75, 3.05) is 6.54 Å². The average molecular weight is 271 g/mol. The summed E-state index contributed by atoms with van der Waals surface area (Å²) >= 11 is 5.72. The van der Waals surface area contributed by atoms with Crippen LogP contribution in [0.4, 0.5) is 4.39 Å². The number of nitrogens with one attached hydrogen (secondary N) is 1. The Kier molecular flexibility index (Phi) is 3.88. The molecule has 1 aromatic rings. The fraction of sp³-hybridized carbons (Fsp3) is 0.462. The van der Waals surface area contributed by atoms with Gasteiger partial charge in [0, 0.05) is 0 Å². The summed E-state index contributed by atoms with van der Waals surface area (Å²) in [6, 6.07) is 4.63. The minimum Gasteiger partial charge on any atom is -0.368 e. The lowest BCUT2D eigenvalue weighted by Gasteiger charge is -2.25. The first-order valence-corrected chi connectivity index (χ1v) is 6.40. The second kappa shape index (κ2) is 5.24. The molecule has 98 valence electrons. The van der Waals surface area contributed by atoms with Gasteiger partial charge in [-0.1, -0.05) is 17.7 Å². The van der Waals surface area contributed by atoms with E-state index in [0.717, 1.165) is 24.9 Å². The predicted octanol–water partition coefficient (Wildman–Crippen LogP) is 2.02. The van der Waals surface area contributed by atoms with Gasteiger partial charge in [-0.25, -0.2) is 4.39 Å². The third kappa shape index (κ3) is 2.65. The summed E-state index contributed by atoms with van der Waals surface area (Å²) in [4.78, 5) is 11.5. The number of benzene rings is 1. The molecule has 1 saturated heterocycles. The van der Waals surface area contributed by atoms with E-state index in [0.29, 0.717) is 12.8 Å². The molecule has 0 bridgehead atoms. The maximum atomic E-state index is 13.0. The first kappa shape index (κ1) is 13.3. The van der Waals surface area contributed by atoms with Gasteiger partial charge in [0.05, 0.1) is 10.6 Å². The zero-order valence-electron chi connectivity index (χ0n) is 10.0. The van der Waals surface area contributed by atoms with E-state index in [1.807, 2.05) is 0 Å². The van der Waals surface area contributed by atoms with Crippen LogP contribution >= 0.6 is 11.6 Å². The second-order valence-electron chi connectivity index (χ2n) is 4.73. The van der Waals surface area contributed by atoms with E-state index in [2.05, 4.69) is 5.32 Å². The molecule has 1 amide bonds. The van der Waals surface area contributed by atoms with Crippen molar-refractivity contribution in [2.24, 2.45) is 5.73 Å². The van der Waals surface area contributed by atoms with E-state index in [1.54, 1.807) is 12.1 Å². The zero-order valence-corrected chi connectivity index (χ0v) is 10.8. The van der Waals surface area contributed by atoms with Gasteiger partial charge in [0.25, 0.3) is 0 Å². The molecule has 3 N–H and O–H groups in total. The molecular formula is C13H16ClFN2O. The Morgan fingerprint density at radius 3 is 2.89 bits per heavy atom. The topological polar surface area (TPSA) is 55.1 Å². The highest BCUT2D eigenvalue weighted by molar-refractivity contribution is 6.30. The number of nitrogens with two attached hydrogens (primary N) is 1. The van der Waals surface area contributed by atoms with E-state index >= 15 is 0 Å². The molecule has 1 fully saturated rings. The monoisotopic (exact) mass is 270 g/mol. The Morgan fingerprint density at radius 2 is 2.33 bits per heavy atom. The molecule has 0 aliphatic carbocycles. The standard InChI is InChI=1S/C13H16ClFN2O/c14-10-8-9(2-3-11(10)15)4-6-13(12(16)18)5-1-7-17-13/h2-3,8,17H,1,4-7H2,(H2,16,18). The SMILES string of the molecule is NC(=O)C1(CCc2ccc(F)c(Cl)c2)CCCN1. The summed E-state index contributed by atoms with van der Waals surface area (Å²) in [6.07, 6.45) is 2.98. The molecule has 1 aliphatic heterocycles. The molecule has 0 aromatic heterocycles. The van der Waals surface area contributed by atoms with Gasteiger partial charge in [0.1, 0.15) is 5.82 Å². The van der Waals surface area contributed by atoms with E-state index in [-0.39, 0.29) is 10.9 Å². The summed E-state index contributed by atoms with van der Waals surface area (Å²) in [5.41, 5.74) is 5.77.